The number of hydrogen-bond donors (Lipinski definition) is 1. The van der Waals surface area contributed by atoms with Crippen LogP contribution in [0, 0.1) is 6.92 Å². The van der Waals surface area contributed by atoms with Crippen LogP contribution >= 0.6 is 0 Å². The lowest BCUT2D eigenvalue weighted by Gasteiger charge is -2.22. The Labute approximate surface area is 196 Å². The van der Waals surface area contributed by atoms with E-state index in [-0.39, 0.29) is 5.75 Å². The van der Waals surface area contributed by atoms with Crippen molar-refractivity contribution in [3.8, 4) is 28.0 Å². The van der Waals surface area contributed by atoms with E-state index in [0.717, 1.165) is 37.3 Å². The van der Waals surface area contributed by atoms with E-state index in [1.807, 2.05) is 19.1 Å². The molecule has 1 fully saturated rings. The van der Waals surface area contributed by atoms with E-state index in [2.05, 4.69) is 14.6 Å². The van der Waals surface area contributed by atoms with Crippen LogP contribution in [0.1, 0.15) is 41.6 Å². The van der Waals surface area contributed by atoms with Crippen molar-refractivity contribution in [2.24, 2.45) is 5.73 Å². The van der Waals surface area contributed by atoms with Gasteiger partial charge < -0.3 is 15.4 Å². The van der Waals surface area contributed by atoms with Gasteiger partial charge in [0.2, 0.25) is 5.91 Å². The van der Waals surface area contributed by atoms with Crippen LogP contribution in [0.25, 0.3) is 22.3 Å². The Morgan fingerprint density at radius 2 is 1.56 bits per heavy atom. The third kappa shape index (κ3) is 5.32. The van der Waals surface area contributed by atoms with Gasteiger partial charge in [-0.2, -0.15) is 0 Å². The molecular weight excluding hydrogens is 443 g/mol. The Kier molecular flexibility index (Phi) is 6.77. The minimum atomic E-state index is -4.77. The number of alkyl halides is 3. The van der Waals surface area contributed by atoms with Crippen LogP contribution in [-0.2, 0) is 0 Å². The summed E-state index contributed by atoms with van der Waals surface area (Å²) in [6.45, 7) is 3.80. The topological polar surface area (TPSA) is 68.5 Å². The van der Waals surface area contributed by atoms with Gasteiger partial charge in [0.05, 0.1) is 0 Å². The second kappa shape index (κ2) is 9.75. The number of hydrogen-bond acceptors (Lipinski definition) is 4. The summed E-state index contributed by atoms with van der Waals surface area (Å²) in [5.41, 5.74) is 9.52. The molecule has 0 aliphatic carbocycles. The number of pyridine rings is 1. The van der Waals surface area contributed by atoms with Crippen LogP contribution in [0.5, 0.6) is 5.75 Å². The van der Waals surface area contributed by atoms with Crippen molar-refractivity contribution in [2.75, 3.05) is 18.0 Å². The van der Waals surface area contributed by atoms with Gasteiger partial charge in [-0.25, -0.2) is 4.98 Å². The molecule has 0 spiro atoms. The van der Waals surface area contributed by atoms with Gasteiger partial charge in [-0.3, -0.25) is 4.79 Å². The van der Waals surface area contributed by atoms with E-state index in [9.17, 15) is 18.0 Å². The van der Waals surface area contributed by atoms with Gasteiger partial charge in [0.1, 0.15) is 11.6 Å². The fourth-order valence-electron chi connectivity index (χ4n) is 4.43. The summed E-state index contributed by atoms with van der Waals surface area (Å²) in [7, 11) is 0. The van der Waals surface area contributed by atoms with Gasteiger partial charge in [0, 0.05) is 36.0 Å². The molecular formula is C26H26F3N3O2. The number of anilines is 1. The van der Waals surface area contributed by atoms with Crippen LogP contribution < -0.4 is 15.4 Å². The van der Waals surface area contributed by atoms with Crippen LogP contribution in [0.4, 0.5) is 19.0 Å². The maximum absolute atomic E-state index is 12.6. The molecule has 1 saturated heterocycles. The number of carbonyl (C=O) groups is 1. The molecule has 1 amide bonds. The summed E-state index contributed by atoms with van der Waals surface area (Å²) >= 11 is 0. The highest BCUT2D eigenvalue weighted by Crippen LogP contribution is 2.38. The Morgan fingerprint density at radius 1 is 0.912 bits per heavy atom. The smallest absolute Gasteiger partial charge is 0.406 e. The van der Waals surface area contributed by atoms with Crippen molar-refractivity contribution in [3.05, 3.63) is 65.9 Å². The Balaban J connectivity index is 1.76. The van der Waals surface area contributed by atoms with E-state index >= 15 is 0 Å². The molecule has 2 heterocycles. The predicted octanol–water partition coefficient (Wildman–Crippen LogP) is 6.10. The lowest BCUT2D eigenvalue weighted by Crippen LogP contribution is -2.24. The number of carbonyl (C=O) groups excluding carboxylic acids is 1. The quantitative estimate of drug-likeness (QED) is 0.490. The normalized spacial score (nSPS) is 14.5. The van der Waals surface area contributed by atoms with Crippen LogP contribution in [-0.4, -0.2) is 30.3 Å². The maximum Gasteiger partial charge on any atom is 0.573 e. The van der Waals surface area contributed by atoms with Crippen LogP contribution in [0.15, 0.2) is 54.7 Å². The number of rotatable bonds is 5. The van der Waals surface area contributed by atoms with E-state index in [1.165, 1.54) is 37.1 Å². The molecule has 1 aliphatic heterocycles. The number of nitrogens with zero attached hydrogens (tertiary/aromatic N) is 2. The molecule has 5 nitrogen and oxygen atoms in total. The van der Waals surface area contributed by atoms with E-state index in [1.54, 1.807) is 18.3 Å². The fraction of sp³-hybridized carbons (Fsp3) is 0.308. The molecule has 2 N–H and O–H groups in total. The van der Waals surface area contributed by atoms with Gasteiger partial charge >= 0.3 is 6.36 Å². The summed E-state index contributed by atoms with van der Waals surface area (Å²) in [5, 5.41) is 0. The number of benzene rings is 2. The Morgan fingerprint density at radius 3 is 2.12 bits per heavy atom. The third-order valence-corrected chi connectivity index (χ3v) is 6.02. The van der Waals surface area contributed by atoms with Gasteiger partial charge in [0.15, 0.2) is 0 Å². The highest BCUT2D eigenvalue weighted by atomic mass is 19.4. The van der Waals surface area contributed by atoms with Gasteiger partial charge in [0.25, 0.3) is 0 Å². The van der Waals surface area contributed by atoms with Gasteiger partial charge in [-0.15, -0.1) is 13.2 Å². The van der Waals surface area contributed by atoms with Gasteiger partial charge in [-0.1, -0.05) is 31.0 Å². The Hall–Kier alpha value is -3.55. The fourth-order valence-corrected chi connectivity index (χ4v) is 4.43. The summed E-state index contributed by atoms with van der Waals surface area (Å²) < 4.78 is 41.7. The predicted molar refractivity (Wildman–Crippen MR) is 126 cm³/mol. The molecule has 0 atom stereocenters. The number of primary amides is 1. The SMILES string of the molecule is Cc1ccc(C(N)=O)c(-c2ccc(N3CCCCCC3)nc2)c1-c1ccc(OC(F)(F)F)cc1. The first-order valence-corrected chi connectivity index (χ1v) is 11.2. The molecule has 178 valence electrons. The molecule has 8 heteroatoms. The molecule has 1 aromatic heterocycles. The lowest BCUT2D eigenvalue weighted by molar-refractivity contribution is -0.274. The first kappa shape index (κ1) is 23.6. The van der Waals surface area contributed by atoms with E-state index < -0.39 is 12.3 Å². The molecule has 0 radical (unpaired) electrons. The highest BCUT2D eigenvalue weighted by molar-refractivity contribution is 6.04. The summed E-state index contributed by atoms with van der Waals surface area (Å²) in [6, 6.07) is 12.9. The third-order valence-electron chi connectivity index (χ3n) is 6.02. The van der Waals surface area contributed by atoms with Crippen molar-refractivity contribution in [1.82, 2.24) is 4.98 Å². The number of amides is 1. The highest BCUT2D eigenvalue weighted by Gasteiger charge is 2.31. The number of ether oxygens (including phenoxy) is 1. The standard InChI is InChI=1S/C26H26F3N3O2/c1-17-6-12-21(25(30)33)24(23(17)18-7-10-20(11-8-18)34-26(27,28)29)19-9-13-22(31-16-19)32-14-4-2-3-5-15-32/h6-13,16H,2-5,14-15H2,1H3,(H2,30,33). The van der Waals surface area contributed by atoms with Crippen molar-refractivity contribution < 1.29 is 22.7 Å². The van der Waals surface area contributed by atoms with Crippen molar-refractivity contribution in [3.63, 3.8) is 0 Å². The molecule has 34 heavy (non-hydrogen) atoms. The zero-order chi connectivity index (χ0) is 24.3. The average Bonchev–Trinajstić information content (AvgIpc) is 3.08. The van der Waals surface area contributed by atoms with E-state index in [0.29, 0.717) is 27.8 Å². The summed E-state index contributed by atoms with van der Waals surface area (Å²) in [4.78, 5) is 19.2. The second-order valence-electron chi connectivity index (χ2n) is 8.42. The number of aryl methyl sites for hydroxylation is 1. The molecule has 2 aromatic carbocycles. The van der Waals surface area contributed by atoms with Gasteiger partial charge in [-0.05, 0) is 66.8 Å². The second-order valence-corrected chi connectivity index (χ2v) is 8.42. The van der Waals surface area contributed by atoms with Crippen molar-refractivity contribution in [1.29, 1.82) is 0 Å². The summed E-state index contributed by atoms with van der Waals surface area (Å²) in [5.74, 6) is -0.0241. The molecule has 4 rings (SSSR count). The first-order chi connectivity index (χ1) is 16.2. The summed E-state index contributed by atoms with van der Waals surface area (Å²) in [6.07, 6.45) is 1.66. The molecule has 3 aromatic rings. The minimum absolute atomic E-state index is 0.315. The van der Waals surface area contributed by atoms with Crippen LogP contribution in [0.3, 0.4) is 0 Å². The Bertz CT molecular complexity index is 1150. The largest absolute Gasteiger partial charge is 0.573 e. The van der Waals surface area contributed by atoms with Crippen LogP contribution in [0.2, 0.25) is 0 Å². The average molecular weight is 470 g/mol. The molecule has 0 bridgehead atoms. The zero-order valence-electron chi connectivity index (χ0n) is 18.9. The zero-order valence-corrected chi connectivity index (χ0v) is 18.9. The lowest BCUT2D eigenvalue weighted by atomic mass is 9.87. The van der Waals surface area contributed by atoms with Crippen molar-refractivity contribution in [2.45, 2.75) is 39.0 Å². The first-order valence-electron chi connectivity index (χ1n) is 11.2. The molecule has 0 unspecified atom stereocenters. The number of halogens is 3. The molecule has 0 saturated carbocycles. The minimum Gasteiger partial charge on any atom is -0.406 e. The molecule has 1 aliphatic rings. The van der Waals surface area contributed by atoms with E-state index in [4.69, 9.17) is 5.73 Å². The monoisotopic (exact) mass is 469 g/mol. The number of aromatic nitrogens is 1. The van der Waals surface area contributed by atoms with Crippen molar-refractivity contribution >= 4 is 11.7 Å². The maximum atomic E-state index is 12.6. The number of nitrogens with two attached hydrogens (primary N) is 1.